The van der Waals surface area contributed by atoms with Crippen molar-refractivity contribution in [3.63, 3.8) is 0 Å². The molecule has 2 aromatic rings. The van der Waals surface area contributed by atoms with Crippen molar-refractivity contribution in [2.75, 3.05) is 16.8 Å². The smallest absolute Gasteiger partial charge is 0.231 e. The molecule has 1 atom stereocenters. The maximum absolute atomic E-state index is 12.5. The van der Waals surface area contributed by atoms with Gasteiger partial charge in [-0.05, 0) is 30.2 Å². The molecule has 25 heavy (non-hydrogen) atoms. The first kappa shape index (κ1) is 17.8. The molecule has 1 aromatic carbocycles. The lowest BCUT2D eigenvalue weighted by Gasteiger charge is -2.16. The minimum absolute atomic E-state index is 0.0692. The highest BCUT2D eigenvalue weighted by atomic mass is 35.5. The molecule has 0 bridgehead atoms. The third-order valence-corrected chi connectivity index (χ3v) is 5.03. The van der Waals surface area contributed by atoms with E-state index in [-0.39, 0.29) is 18.2 Å². The van der Waals surface area contributed by atoms with E-state index in [9.17, 15) is 9.59 Å². The molecule has 0 aliphatic carbocycles. The molecule has 8 heteroatoms. The van der Waals surface area contributed by atoms with Crippen molar-refractivity contribution in [2.45, 2.75) is 26.7 Å². The van der Waals surface area contributed by atoms with Gasteiger partial charge < -0.3 is 10.2 Å². The Bertz CT molecular complexity index is 775. The first-order chi connectivity index (χ1) is 11.9. The Kier molecular flexibility index (Phi) is 5.34. The lowest BCUT2D eigenvalue weighted by Crippen LogP contribution is -2.28. The van der Waals surface area contributed by atoms with E-state index in [0.29, 0.717) is 22.6 Å². The zero-order valence-corrected chi connectivity index (χ0v) is 15.6. The fraction of sp³-hybridized carbons (Fsp3) is 0.412. The van der Waals surface area contributed by atoms with Crippen molar-refractivity contribution in [3.05, 3.63) is 34.3 Å². The van der Waals surface area contributed by atoms with Crippen molar-refractivity contribution < 1.29 is 9.59 Å². The molecule has 1 fully saturated rings. The second kappa shape index (κ2) is 7.49. The number of halogens is 1. The molecule has 2 amide bonds. The Hall–Kier alpha value is -1.99. The van der Waals surface area contributed by atoms with Crippen LogP contribution in [0.15, 0.2) is 24.3 Å². The average Bonchev–Trinajstić information content (AvgIpc) is 3.14. The Balaban J connectivity index is 1.62. The van der Waals surface area contributed by atoms with Crippen LogP contribution in [0.3, 0.4) is 0 Å². The van der Waals surface area contributed by atoms with Crippen molar-refractivity contribution >= 4 is 45.6 Å². The number of anilines is 2. The minimum atomic E-state index is -0.402. The first-order valence-corrected chi connectivity index (χ1v) is 9.31. The predicted octanol–water partition coefficient (Wildman–Crippen LogP) is 3.38. The van der Waals surface area contributed by atoms with Gasteiger partial charge >= 0.3 is 0 Å². The van der Waals surface area contributed by atoms with Crippen LogP contribution in [0.2, 0.25) is 5.02 Å². The highest BCUT2D eigenvalue weighted by molar-refractivity contribution is 7.15. The largest absolute Gasteiger partial charge is 0.312 e. The first-order valence-electron chi connectivity index (χ1n) is 8.11. The van der Waals surface area contributed by atoms with Gasteiger partial charge in [-0.1, -0.05) is 36.8 Å². The summed E-state index contributed by atoms with van der Waals surface area (Å²) >= 11 is 7.26. The normalized spacial score (nSPS) is 17.4. The number of carbonyl (C=O) groups excluding carboxylic acids is 2. The fourth-order valence-corrected chi connectivity index (χ4v) is 3.78. The van der Waals surface area contributed by atoms with Gasteiger partial charge in [-0.2, -0.15) is 0 Å². The molecule has 2 heterocycles. The molecule has 0 radical (unpaired) electrons. The van der Waals surface area contributed by atoms with E-state index in [4.69, 9.17) is 11.6 Å². The van der Waals surface area contributed by atoms with E-state index in [1.54, 1.807) is 29.2 Å². The number of nitrogens with zero attached hydrogens (tertiary/aromatic N) is 3. The zero-order chi connectivity index (χ0) is 18.0. The number of hydrogen-bond donors (Lipinski definition) is 1. The molecule has 0 saturated carbocycles. The highest BCUT2D eigenvalue weighted by Gasteiger charge is 2.35. The average molecular weight is 379 g/mol. The number of carbonyl (C=O) groups is 2. The molecule has 1 unspecified atom stereocenters. The number of aromatic nitrogens is 2. The monoisotopic (exact) mass is 378 g/mol. The lowest BCUT2D eigenvalue weighted by atomic mass is 10.1. The number of nitrogens with one attached hydrogen (secondary N) is 1. The van der Waals surface area contributed by atoms with Crippen LogP contribution in [0.1, 0.15) is 25.3 Å². The van der Waals surface area contributed by atoms with Crippen LogP contribution in [0.4, 0.5) is 10.8 Å². The summed E-state index contributed by atoms with van der Waals surface area (Å²) in [5.74, 6) is -0.185. The van der Waals surface area contributed by atoms with Crippen LogP contribution < -0.4 is 10.2 Å². The van der Waals surface area contributed by atoms with Crippen molar-refractivity contribution in [3.8, 4) is 0 Å². The van der Waals surface area contributed by atoms with Gasteiger partial charge in [0.25, 0.3) is 0 Å². The maximum Gasteiger partial charge on any atom is 0.231 e. The number of amides is 2. The van der Waals surface area contributed by atoms with Gasteiger partial charge in [0, 0.05) is 30.1 Å². The fourth-order valence-electron chi connectivity index (χ4n) is 2.70. The van der Waals surface area contributed by atoms with Crippen LogP contribution in [-0.4, -0.2) is 28.6 Å². The van der Waals surface area contributed by atoms with Gasteiger partial charge in [-0.25, -0.2) is 0 Å². The molecule has 1 N–H and O–H groups in total. The molecule has 3 rings (SSSR count). The Morgan fingerprint density at radius 2 is 2.08 bits per heavy atom. The molecule has 1 aromatic heterocycles. The van der Waals surface area contributed by atoms with E-state index in [1.807, 2.05) is 0 Å². The van der Waals surface area contributed by atoms with Gasteiger partial charge in [-0.15, -0.1) is 10.2 Å². The van der Waals surface area contributed by atoms with Crippen LogP contribution in [0.25, 0.3) is 0 Å². The SMILES string of the molecule is CC(C)Cc1nnc(NC(=O)C2CC(=O)N(c3ccc(Cl)cc3)C2)s1. The van der Waals surface area contributed by atoms with Gasteiger partial charge in [0.15, 0.2) is 0 Å². The number of hydrogen-bond acceptors (Lipinski definition) is 5. The molecule has 1 saturated heterocycles. The molecular weight excluding hydrogens is 360 g/mol. The molecule has 0 spiro atoms. The summed E-state index contributed by atoms with van der Waals surface area (Å²) in [6, 6.07) is 7.02. The van der Waals surface area contributed by atoms with E-state index in [0.717, 1.165) is 17.1 Å². The summed E-state index contributed by atoms with van der Waals surface area (Å²) in [4.78, 5) is 26.3. The topological polar surface area (TPSA) is 75.2 Å². The summed E-state index contributed by atoms with van der Waals surface area (Å²) in [5.41, 5.74) is 0.750. The van der Waals surface area contributed by atoms with Crippen LogP contribution in [0, 0.1) is 11.8 Å². The maximum atomic E-state index is 12.5. The lowest BCUT2D eigenvalue weighted by molar-refractivity contribution is -0.122. The van der Waals surface area contributed by atoms with Crippen molar-refractivity contribution in [1.29, 1.82) is 0 Å². The third-order valence-electron chi connectivity index (χ3n) is 3.91. The number of rotatable bonds is 5. The van der Waals surface area contributed by atoms with Gasteiger partial charge in [-0.3, -0.25) is 9.59 Å². The summed E-state index contributed by atoms with van der Waals surface area (Å²) in [5, 5.41) is 12.9. The van der Waals surface area contributed by atoms with Crippen molar-refractivity contribution in [2.24, 2.45) is 11.8 Å². The highest BCUT2D eigenvalue weighted by Crippen LogP contribution is 2.27. The van der Waals surface area contributed by atoms with E-state index in [1.165, 1.54) is 11.3 Å². The molecule has 1 aliphatic rings. The second-order valence-corrected chi connectivity index (χ2v) is 7.97. The summed E-state index contributed by atoms with van der Waals surface area (Å²) in [6.07, 6.45) is 1.02. The van der Waals surface area contributed by atoms with E-state index in [2.05, 4.69) is 29.4 Å². The summed E-state index contributed by atoms with van der Waals surface area (Å²) in [6.45, 7) is 4.56. The molecule has 6 nitrogen and oxygen atoms in total. The molecule has 1 aliphatic heterocycles. The van der Waals surface area contributed by atoms with Gasteiger partial charge in [0.1, 0.15) is 5.01 Å². The zero-order valence-electron chi connectivity index (χ0n) is 14.0. The number of benzene rings is 1. The van der Waals surface area contributed by atoms with Gasteiger partial charge in [0.05, 0.1) is 5.92 Å². The Labute approximate surface area is 155 Å². The second-order valence-electron chi connectivity index (χ2n) is 6.47. The van der Waals surface area contributed by atoms with Crippen molar-refractivity contribution in [1.82, 2.24) is 10.2 Å². The van der Waals surface area contributed by atoms with E-state index >= 15 is 0 Å². The Morgan fingerprint density at radius 1 is 1.36 bits per heavy atom. The standard InChI is InChI=1S/C17H19ClN4O2S/c1-10(2)7-14-20-21-17(25-14)19-16(24)11-8-15(23)22(9-11)13-5-3-12(18)4-6-13/h3-6,10-11H,7-9H2,1-2H3,(H,19,21,24). The van der Waals surface area contributed by atoms with Crippen LogP contribution in [0.5, 0.6) is 0 Å². The van der Waals surface area contributed by atoms with Gasteiger partial charge in [0.2, 0.25) is 16.9 Å². The minimum Gasteiger partial charge on any atom is -0.312 e. The predicted molar refractivity (Wildman–Crippen MR) is 99.0 cm³/mol. The molecule has 132 valence electrons. The summed E-state index contributed by atoms with van der Waals surface area (Å²) in [7, 11) is 0. The van der Waals surface area contributed by atoms with Crippen LogP contribution in [-0.2, 0) is 16.0 Å². The summed E-state index contributed by atoms with van der Waals surface area (Å²) < 4.78 is 0. The third kappa shape index (κ3) is 4.35. The van der Waals surface area contributed by atoms with Crippen LogP contribution >= 0.6 is 22.9 Å². The Morgan fingerprint density at radius 3 is 2.76 bits per heavy atom. The molecular formula is C17H19ClN4O2S. The van der Waals surface area contributed by atoms with E-state index < -0.39 is 5.92 Å². The quantitative estimate of drug-likeness (QED) is 0.865.